The molecule has 0 aromatic heterocycles. The van der Waals surface area contributed by atoms with Crippen molar-refractivity contribution in [2.75, 3.05) is 5.33 Å². The Morgan fingerprint density at radius 2 is 1.94 bits per heavy atom. The van der Waals surface area contributed by atoms with Gasteiger partial charge >= 0.3 is 5.97 Å². The van der Waals surface area contributed by atoms with Gasteiger partial charge in [-0.15, -0.1) is 0 Å². The number of esters is 1. The van der Waals surface area contributed by atoms with Gasteiger partial charge in [-0.05, 0) is 44.3 Å². The molecule has 0 unspecified atom stereocenters. The Balaban J connectivity index is 1.86. The fraction of sp³-hybridized carbons (Fsp3) is 0.680. The highest BCUT2D eigenvalue weighted by atomic mass is 79.9. The van der Waals surface area contributed by atoms with Gasteiger partial charge in [0.15, 0.2) is 28.6 Å². The van der Waals surface area contributed by atoms with Crippen LogP contribution in [-0.4, -0.2) is 39.9 Å². The molecule has 7 heteroatoms. The van der Waals surface area contributed by atoms with Crippen molar-refractivity contribution >= 4 is 39.2 Å². The molecule has 5 nitrogen and oxygen atoms in total. The summed E-state index contributed by atoms with van der Waals surface area (Å²) in [5.74, 6) is -2.80. The first-order chi connectivity index (χ1) is 14.9. The molecule has 32 heavy (non-hydrogen) atoms. The van der Waals surface area contributed by atoms with Crippen molar-refractivity contribution in [3.8, 4) is 0 Å². The van der Waals surface area contributed by atoms with Crippen molar-refractivity contribution in [3.05, 3.63) is 23.8 Å². The molecule has 0 aromatic rings. The molecule has 3 saturated carbocycles. The number of rotatable bonds is 4. The van der Waals surface area contributed by atoms with E-state index >= 15 is 4.39 Å². The molecule has 4 aliphatic rings. The van der Waals surface area contributed by atoms with E-state index in [0.717, 1.165) is 0 Å². The van der Waals surface area contributed by atoms with E-state index in [1.54, 1.807) is 19.9 Å². The van der Waals surface area contributed by atoms with E-state index < -0.39 is 39.8 Å². The molecule has 0 spiro atoms. The minimum atomic E-state index is -2.17. The SMILES string of the molecule is CCC(=O)O[C@]1(C(=O)CBr)[C@@H](C)C[C@H]2[C@@H]3CCC4=CC(=O)C=C[C@]4(C)[C@@]3(F)C(=O)C[C@@]21C. The van der Waals surface area contributed by atoms with Crippen LogP contribution >= 0.6 is 15.9 Å². The topological polar surface area (TPSA) is 77.5 Å². The van der Waals surface area contributed by atoms with Crippen LogP contribution in [-0.2, 0) is 23.9 Å². The summed E-state index contributed by atoms with van der Waals surface area (Å²) < 4.78 is 23.0. The maximum Gasteiger partial charge on any atom is 0.306 e. The van der Waals surface area contributed by atoms with Gasteiger partial charge in [0.2, 0.25) is 0 Å². The van der Waals surface area contributed by atoms with Crippen molar-refractivity contribution < 1.29 is 28.3 Å². The third-order valence-corrected chi connectivity index (χ3v) is 9.55. The summed E-state index contributed by atoms with van der Waals surface area (Å²) in [5.41, 5.74) is -5.16. The second-order valence-corrected chi connectivity index (χ2v) is 10.9. The number of halogens is 2. The Morgan fingerprint density at radius 1 is 1.25 bits per heavy atom. The van der Waals surface area contributed by atoms with Gasteiger partial charge in [-0.25, -0.2) is 4.39 Å². The highest BCUT2D eigenvalue weighted by Crippen LogP contribution is 2.70. The molecule has 0 bridgehead atoms. The van der Waals surface area contributed by atoms with Crippen LogP contribution in [0.25, 0.3) is 0 Å². The number of alkyl halides is 2. The van der Waals surface area contributed by atoms with E-state index in [1.807, 2.05) is 13.8 Å². The lowest BCUT2D eigenvalue weighted by Crippen LogP contribution is -2.68. The van der Waals surface area contributed by atoms with Gasteiger partial charge in [-0.3, -0.25) is 19.2 Å². The molecule has 0 heterocycles. The lowest BCUT2D eigenvalue weighted by molar-refractivity contribution is -0.201. The van der Waals surface area contributed by atoms with Crippen LogP contribution in [0.3, 0.4) is 0 Å². The van der Waals surface area contributed by atoms with Gasteiger partial charge in [-0.1, -0.05) is 48.4 Å². The smallest absolute Gasteiger partial charge is 0.306 e. The van der Waals surface area contributed by atoms with Gasteiger partial charge in [0.25, 0.3) is 0 Å². The van der Waals surface area contributed by atoms with Crippen molar-refractivity contribution in [2.45, 2.75) is 71.1 Å². The van der Waals surface area contributed by atoms with Crippen LogP contribution < -0.4 is 0 Å². The largest absolute Gasteiger partial charge is 0.450 e. The van der Waals surface area contributed by atoms with Gasteiger partial charge in [0.1, 0.15) is 0 Å². The van der Waals surface area contributed by atoms with E-state index in [4.69, 9.17) is 4.74 Å². The number of carbonyl (C=O) groups excluding carboxylic acids is 4. The number of fused-ring (bicyclic) bond motifs is 5. The Labute approximate surface area is 196 Å². The van der Waals surface area contributed by atoms with Crippen LogP contribution in [0.1, 0.15) is 59.8 Å². The molecule has 0 radical (unpaired) electrons. The number of hydrogen-bond donors (Lipinski definition) is 0. The zero-order valence-electron chi connectivity index (χ0n) is 19.0. The summed E-state index contributed by atoms with van der Waals surface area (Å²) in [5, 5.41) is -0.00821. The van der Waals surface area contributed by atoms with Crippen molar-refractivity contribution in [1.29, 1.82) is 0 Å². The van der Waals surface area contributed by atoms with Crippen LogP contribution in [0.4, 0.5) is 4.39 Å². The number of allylic oxidation sites excluding steroid dienone is 4. The summed E-state index contributed by atoms with van der Waals surface area (Å²) in [6.45, 7) is 7.07. The van der Waals surface area contributed by atoms with Crippen LogP contribution in [0.15, 0.2) is 23.8 Å². The second kappa shape index (κ2) is 7.44. The Bertz CT molecular complexity index is 971. The quantitative estimate of drug-likeness (QED) is 0.413. The predicted molar refractivity (Wildman–Crippen MR) is 120 cm³/mol. The first-order valence-electron chi connectivity index (χ1n) is 11.4. The highest BCUT2D eigenvalue weighted by molar-refractivity contribution is 9.09. The Hall–Kier alpha value is -1.63. The van der Waals surface area contributed by atoms with E-state index in [9.17, 15) is 19.2 Å². The molecular formula is C25H30BrFO5. The second-order valence-electron chi connectivity index (χ2n) is 10.3. The normalized spacial score (nSPS) is 44.9. The maximum absolute atomic E-state index is 17.1. The average Bonchev–Trinajstić information content (AvgIpc) is 2.96. The van der Waals surface area contributed by atoms with E-state index in [-0.39, 0.29) is 41.6 Å². The standard InChI is InChI=1S/C25H30BrFO5/c1-5-21(31)32-25(20(30)13-26)14(2)10-18-17-7-6-15-11-16(28)8-9-22(15,3)24(17,27)19(29)12-23(18,25)4/h8-9,11,14,17-18H,5-7,10,12-13H2,1-4H3/t14-,17-,18-,22-,23-,24-,25-/m0/s1. The molecular weight excluding hydrogens is 479 g/mol. The van der Waals surface area contributed by atoms with Crippen molar-refractivity contribution in [1.82, 2.24) is 0 Å². The lowest BCUT2D eigenvalue weighted by Gasteiger charge is -2.59. The molecule has 7 atom stereocenters. The molecule has 4 aliphatic carbocycles. The predicted octanol–water partition coefficient (Wildman–Crippen LogP) is 4.47. The first-order valence-corrected chi connectivity index (χ1v) is 12.5. The molecule has 4 rings (SSSR count). The van der Waals surface area contributed by atoms with Crippen molar-refractivity contribution in [3.63, 3.8) is 0 Å². The minimum Gasteiger partial charge on any atom is -0.450 e. The monoisotopic (exact) mass is 508 g/mol. The van der Waals surface area contributed by atoms with Gasteiger partial charge < -0.3 is 4.74 Å². The van der Waals surface area contributed by atoms with E-state index in [2.05, 4.69) is 15.9 Å². The van der Waals surface area contributed by atoms with E-state index in [0.29, 0.717) is 24.8 Å². The molecule has 3 fully saturated rings. The van der Waals surface area contributed by atoms with Crippen LogP contribution in [0.2, 0.25) is 0 Å². The number of carbonyl (C=O) groups is 4. The zero-order chi connectivity index (χ0) is 23.7. The zero-order valence-corrected chi connectivity index (χ0v) is 20.6. The molecule has 0 amide bonds. The Morgan fingerprint density at radius 3 is 2.56 bits per heavy atom. The van der Waals surface area contributed by atoms with Crippen LogP contribution in [0, 0.1) is 28.6 Å². The number of Topliss-reactive ketones (excluding diaryl/α,β-unsaturated/α-hetero) is 2. The number of ether oxygens (including phenoxy) is 1. The van der Waals surface area contributed by atoms with Gasteiger partial charge in [-0.2, -0.15) is 0 Å². The molecule has 0 saturated heterocycles. The average molecular weight is 509 g/mol. The fourth-order valence-electron chi connectivity index (χ4n) is 7.48. The van der Waals surface area contributed by atoms with E-state index in [1.165, 1.54) is 12.2 Å². The van der Waals surface area contributed by atoms with Gasteiger partial charge in [0.05, 0.1) is 5.33 Å². The fourth-order valence-corrected chi connectivity index (χ4v) is 7.90. The molecule has 0 N–H and O–H groups in total. The third kappa shape index (κ3) is 2.66. The highest BCUT2D eigenvalue weighted by Gasteiger charge is 2.77. The summed E-state index contributed by atoms with van der Waals surface area (Å²) in [6, 6.07) is 0. The number of hydrogen-bond acceptors (Lipinski definition) is 5. The lowest BCUT2D eigenvalue weighted by atomic mass is 9.45. The Kier molecular flexibility index (Phi) is 5.47. The number of ketones is 3. The molecule has 0 aromatic carbocycles. The molecule has 174 valence electrons. The van der Waals surface area contributed by atoms with Crippen molar-refractivity contribution in [2.24, 2.45) is 28.6 Å². The summed E-state index contributed by atoms with van der Waals surface area (Å²) in [7, 11) is 0. The summed E-state index contributed by atoms with van der Waals surface area (Å²) >= 11 is 3.25. The minimum absolute atomic E-state index is 0.00821. The third-order valence-electron chi connectivity index (χ3n) is 9.04. The van der Waals surface area contributed by atoms with Gasteiger partial charge in [0, 0.05) is 35.5 Å². The summed E-state index contributed by atoms with van der Waals surface area (Å²) in [4.78, 5) is 51.5. The first kappa shape index (κ1) is 23.5. The maximum atomic E-state index is 17.1. The molecule has 0 aliphatic heterocycles. The summed E-state index contributed by atoms with van der Waals surface area (Å²) in [6.07, 6.45) is 5.74. The van der Waals surface area contributed by atoms with Crippen LogP contribution in [0.5, 0.6) is 0 Å².